The molecule has 12 heteroatoms. The lowest BCUT2D eigenvalue weighted by atomic mass is 9.89. The number of nitrogens with one attached hydrogen (secondary N) is 2. The van der Waals surface area contributed by atoms with E-state index in [0.717, 1.165) is 53.7 Å². The molecule has 1 aliphatic rings. The van der Waals surface area contributed by atoms with Gasteiger partial charge in [-0.3, -0.25) is 4.98 Å². The number of alkyl carbamates (subject to hydrolysis) is 1. The summed E-state index contributed by atoms with van der Waals surface area (Å²) >= 11 is 6.30. The van der Waals surface area contributed by atoms with E-state index in [2.05, 4.69) is 25.7 Å². The largest absolute Gasteiger partial charge is 0.444 e. The Labute approximate surface area is 273 Å². The van der Waals surface area contributed by atoms with E-state index in [1.54, 1.807) is 16.9 Å². The van der Waals surface area contributed by atoms with Crippen LogP contribution in [0.25, 0.3) is 16.6 Å². The molecule has 0 spiro atoms. The molecule has 1 fully saturated rings. The molecule has 1 amide bonds. The molecule has 46 heavy (non-hydrogen) atoms. The topological polar surface area (TPSA) is 139 Å². The van der Waals surface area contributed by atoms with Crippen LogP contribution >= 0.6 is 11.6 Å². The van der Waals surface area contributed by atoms with Crippen LogP contribution < -0.4 is 16.4 Å². The number of ether oxygens (including phenoxy) is 1. The van der Waals surface area contributed by atoms with E-state index in [1.807, 2.05) is 59.0 Å². The van der Waals surface area contributed by atoms with Crippen LogP contribution in [0.15, 0.2) is 60.0 Å². The molecule has 0 unspecified atom stereocenters. The highest BCUT2D eigenvalue weighted by Gasteiger charge is 2.27. The van der Waals surface area contributed by atoms with Crippen molar-refractivity contribution in [2.75, 3.05) is 11.9 Å². The molecule has 0 aliphatic heterocycles. The third-order valence-electron chi connectivity index (χ3n) is 8.04. The molecule has 1 aromatic carbocycles. The van der Waals surface area contributed by atoms with Crippen LogP contribution in [0.5, 0.6) is 0 Å². The first kappa shape index (κ1) is 33.2. The van der Waals surface area contributed by atoms with Crippen molar-refractivity contribution in [3.8, 4) is 11.1 Å². The van der Waals surface area contributed by atoms with Crippen LogP contribution in [-0.4, -0.2) is 55.9 Å². The maximum Gasteiger partial charge on any atom is 0.407 e. The second-order valence-electron chi connectivity index (χ2n) is 13.4. The number of carbonyl (C=O) groups excluding carboxylic acids is 1. The van der Waals surface area contributed by atoms with Crippen molar-refractivity contribution in [1.29, 1.82) is 0 Å². The zero-order valence-electron chi connectivity index (χ0n) is 26.8. The third-order valence-corrected chi connectivity index (χ3v) is 8.36. The molecule has 4 aromatic rings. The number of aromatic nitrogens is 3. The molecule has 3 heterocycles. The summed E-state index contributed by atoms with van der Waals surface area (Å²) in [5, 5.41) is 21.3. The van der Waals surface area contributed by atoms with E-state index < -0.39 is 22.9 Å². The number of nitrogens with zero attached hydrogens (tertiary/aromatic N) is 4. The van der Waals surface area contributed by atoms with Crippen LogP contribution in [0.3, 0.4) is 0 Å². The average Bonchev–Trinajstić information content (AvgIpc) is 3.44. The van der Waals surface area contributed by atoms with E-state index >= 15 is 0 Å². The van der Waals surface area contributed by atoms with Crippen molar-refractivity contribution in [2.45, 2.75) is 83.4 Å². The van der Waals surface area contributed by atoms with Gasteiger partial charge in [0.2, 0.25) is 0 Å². The summed E-state index contributed by atoms with van der Waals surface area (Å²) in [4.78, 5) is 21.4. The van der Waals surface area contributed by atoms with E-state index in [9.17, 15) is 14.3 Å². The minimum Gasteiger partial charge on any atom is -0.444 e. The fourth-order valence-corrected chi connectivity index (χ4v) is 5.59. The molecule has 0 radical (unpaired) electrons. The average molecular weight is 650 g/mol. The van der Waals surface area contributed by atoms with Gasteiger partial charge in [-0.2, -0.15) is 5.10 Å². The predicted molar refractivity (Wildman–Crippen MR) is 179 cm³/mol. The Kier molecular flexibility index (Phi) is 9.55. The van der Waals surface area contributed by atoms with Crippen molar-refractivity contribution < 1.29 is 19.0 Å². The SMILES string of the molecule is CC(C)(C)OC(=O)NC1CCC(Nc2c(C(N)=Nc3cc(F)ccc3Cl)cnn3cc(-c4ccc(C(C)(C)CO)nc4)cc23)CC1. The van der Waals surface area contributed by atoms with Crippen molar-refractivity contribution in [3.63, 3.8) is 0 Å². The van der Waals surface area contributed by atoms with Crippen LogP contribution in [0.2, 0.25) is 5.02 Å². The molecule has 0 bridgehead atoms. The minimum atomic E-state index is -0.562. The number of aliphatic hydroxyl groups is 1. The number of aliphatic imine (C=N–C) groups is 1. The Morgan fingerprint density at radius 1 is 1.09 bits per heavy atom. The third kappa shape index (κ3) is 7.76. The highest BCUT2D eigenvalue weighted by atomic mass is 35.5. The highest BCUT2D eigenvalue weighted by Crippen LogP contribution is 2.33. The number of halogens is 2. The summed E-state index contributed by atoms with van der Waals surface area (Å²) in [5.74, 6) is -0.344. The number of hydrogen-bond acceptors (Lipinski definition) is 7. The molecule has 10 nitrogen and oxygen atoms in total. The lowest BCUT2D eigenvalue weighted by molar-refractivity contribution is 0.0492. The zero-order chi connectivity index (χ0) is 33.2. The van der Waals surface area contributed by atoms with Gasteiger partial charge in [-0.05, 0) is 70.7 Å². The number of amides is 1. The number of benzene rings is 1. The second kappa shape index (κ2) is 13.3. The van der Waals surface area contributed by atoms with Gasteiger partial charge >= 0.3 is 6.09 Å². The van der Waals surface area contributed by atoms with Gasteiger partial charge in [-0.15, -0.1) is 0 Å². The van der Waals surface area contributed by atoms with Gasteiger partial charge in [0.05, 0.1) is 40.3 Å². The first-order valence-corrected chi connectivity index (χ1v) is 15.7. The Morgan fingerprint density at radius 3 is 2.46 bits per heavy atom. The number of rotatable bonds is 8. The summed E-state index contributed by atoms with van der Waals surface area (Å²) in [6.07, 6.45) is 8.04. The number of anilines is 1. The van der Waals surface area contributed by atoms with Crippen molar-refractivity contribution in [2.24, 2.45) is 10.7 Å². The predicted octanol–water partition coefficient (Wildman–Crippen LogP) is 6.74. The van der Waals surface area contributed by atoms with Crippen LogP contribution in [0.1, 0.15) is 71.6 Å². The first-order chi connectivity index (χ1) is 21.7. The number of carbonyl (C=O) groups is 1. The lowest BCUT2D eigenvalue weighted by Gasteiger charge is -2.31. The number of hydrogen-bond donors (Lipinski definition) is 4. The summed E-state index contributed by atoms with van der Waals surface area (Å²) < 4.78 is 21.2. The summed E-state index contributed by atoms with van der Waals surface area (Å²) in [5.41, 5.74) is 10.4. The van der Waals surface area contributed by atoms with Crippen molar-refractivity contribution in [1.82, 2.24) is 19.9 Å². The van der Waals surface area contributed by atoms with Gasteiger partial charge in [0.15, 0.2) is 0 Å². The monoisotopic (exact) mass is 649 g/mol. The van der Waals surface area contributed by atoms with Gasteiger partial charge in [0.25, 0.3) is 0 Å². The molecular weight excluding hydrogens is 609 g/mol. The van der Waals surface area contributed by atoms with Crippen molar-refractivity contribution >= 4 is 40.4 Å². The number of fused-ring (bicyclic) bond motifs is 1. The Morgan fingerprint density at radius 2 is 1.80 bits per heavy atom. The fraction of sp³-hybridized carbons (Fsp3) is 0.412. The lowest BCUT2D eigenvalue weighted by Crippen LogP contribution is -2.42. The maximum absolute atomic E-state index is 14.0. The minimum absolute atomic E-state index is 0.0118. The Balaban J connectivity index is 1.46. The molecule has 0 saturated heterocycles. The van der Waals surface area contributed by atoms with Crippen LogP contribution in [-0.2, 0) is 10.2 Å². The van der Waals surface area contributed by atoms with Gasteiger partial charge in [-0.1, -0.05) is 31.5 Å². The Hall–Kier alpha value is -4.22. The molecule has 1 saturated carbocycles. The Bertz CT molecular complexity index is 1740. The van der Waals surface area contributed by atoms with Crippen molar-refractivity contribution in [3.05, 3.63) is 77.1 Å². The highest BCUT2D eigenvalue weighted by molar-refractivity contribution is 6.33. The van der Waals surface area contributed by atoms with Gasteiger partial charge in [-0.25, -0.2) is 18.7 Å². The van der Waals surface area contributed by atoms with Gasteiger partial charge in [0, 0.05) is 52.8 Å². The molecule has 5 N–H and O–H groups in total. The van der Waals surface area contributed by atoms with E-state index in [-0.39, 0.29) is 35.2 Å². The fourth-order valence-electron chi connectivity index (χ4n) is 5.43. The number of amidine groups is 1. The van der Waals surface area contributed by atoms with E-state index in [4.69, 9.17) is 22.1 Å². The quantitative estimate of drug-likeness (QED) is 0.122. The van der Waals surface area contributed by atoms with E-state index in [1.165, 1.54) is 18.2 Å². The molecular formula is C34H41ClFN7O3. The summed E-state index contributed by atoms with van der Waals surface area (Å²) in [6, 6.07) is 9.92. The van der Waals surface area contributed by atoms with Gasteiger partial charge in [0.1, 0.15) is 17.3 Å². The number of aliphatic hydroxyl groups excluding tert-OH is 1. The number of nitrogens with two attached hydrogens (primary N) is 1. The van der Waals surface area contributed by atoms with E-state index in [0.29, 0.717) is 5.56 Å². The first-order valence-electron chi connectivity index (χ1n) is 15.4. The molecule has 1 aliphatic carbocycles. The molecule has 244 valence electrons. The molecule has 3 aromatic heterocycles. The smallest absolute Gasteiger partial charge is 0.407 e. The maximum atomic E-state index is 14.0. The normalized spacial score (nSPS) is 17.6. The summed E-state index contributed by atoms with van der Waals surface area (Å²) in [6.45, 7) is 9.39. The molecule has 5 rings (SSSR count). The zero-order valence-corrected chi connectivity index (χ0v) is 27.5. The molecule has 0 atom stereocenters. The standard InChI is InChI=1S/C34H41ClFN7O3/c1-33(2,3)46-32(45)41-24-10-8-23(9-11-24)40-30-25(31(37)42-27-15-22(36)7-12-26(27)35)17-39-43-18-21(14-28(30)43)20-6-13-29(38-16-20)34(4,5)19-44/h6-7,12-18,23-24,40,44H,8-11,19H2,1-5H3,(H2,37,42)(H,41,45). The second-order valence-corrected chi connectivity index (χ2v) is 13.8. The summed E-state index contributed by atoms with van der Waals surface area (Å²) in [7, 11) is 0. The van der Waals surface area contributed by atoms with Gasteiger partial charge < -0.3 is 26.2 Å². The van der Waals surface area contributed by atoms with Crippen LogP contribution in [0.4, 0.5) is 20.6 Å². The van der Waals surface area contributed by atoms with Crippen LogP contribution in [0, 0.1) is 5.82 Å². The number of pyridine rings is 1.